The second-order valence-electron chi connectivity index (χ2n) is 7.39. The summed E-state index contributed by atoms with van der Waals surface area (Å²) >= 11 is 1.61. The number of hydrogen-bond donors (Lipinski definition) is 2. The molecule has 2 amide bonds. The normalized spacial score (nSPS) is 15.5. The Labute approximate surface area is 187 Å². The van der Waals surface area contributed by atoms with E-state index in [1.54, 1.807) is 53.8 Å². The van der Waals surface area contributed by atoms with Crippen LogP contribution in [0.4, 0.5) is 10.1 Å². The van der Waals surface area contributed by atoms with Gasteiger partial charge in [0.05, 0.1) is 17.8 Å². The van der Waals surface area contributed by atoms with Gasteiger partial charge in [-0.2, -0.15) is 0 Å². The fourth-order valence-electron chi connectivity index (χ4n) is 3.81. The number of thiophene rings is 1. The SMILES string of the molecule is O=C(Cc1cccc2sccc12)NC1N=C(c2ccccc2F)c2ccccc2NC1=O. The predicted octanol–water partition coefficient (Wildman–Crippen LogP) is 4.51. The van der Waals surface area contributed by atoms with E-state index in [2.05, 4.69) is 15.6 Å². The van der Waals surface area contributed by atoms with Gasteiger partial charge in [0, 0.05) is 15.8 Å². The molecule has 2 heterocycles. The van der Waals surface area contributed by atoms with Crippen molar-refractivity contribution >= 4 is 44.6 Å². The van der Waals surface area contributed by atoms with E-state index in [-0.39, 0.29) is 17.9 Å². The van der Waals surface area contributed by atoms with Crippen LogP contribution < -0.4 is 10.6 Å². The van der Waals surface area contributed by atoms with Crippen LogP contribution in [0.1, 0.15) is 16.7 Å². The quantitative estimate of drug-likeness (QED) is 0.487. The molecule has 0 saturated carbocycles. The summed E-state index contributed by atoms with van der Waals surface area (Å²) in [4.78, 5) is 30.2. The molecule has 158 valence electrons. The Morgan fingerprint density at radius 3 is 2.62 bits per heavy atom. The number of fused-ring (bicyclic) bond motifs is 2. The predicted molar refractivity (Wildman–Crippen MR) is 125 cm³/mol. The minimum absolute atomic E-state index is 0.107. The molecule has 3 aromatic carbocycles. The molecule has 32 heavy (non-hydrogen) atoms. The summed E-state index contributed by atoms with van der Waals surface area (Å²) in [5.74, 6) is -1.28. The van der Waals surface area contributed by atoms with E-state index in [9.17, 15) is 14.0 Å². The highest BCUT2D eigenvalue weighted by Gasteiger charge is 2.28. The monoisotopic (exact) mass is 443 g/mol. The summed E-state index contributed by atoms with van der Waals surface area (Å²) in [6.07, 6.45) is -1.08. The number of rotatable bonds is 4. The molecule has 2 N–H and O–H groups in total. The molecule has 7 heteroatoms. The number of carbonyl (C=O) groups is 2. The van der Waals surface area contributed by atoms with Gasteiger partial charge < -0.3 is 10.6 Å². The van der Waals surface area contributed by atoms with Crippen LogP contribution >= 0.6 is 11.3 Å². The molecular weight excluding hydrogens is 425 g/mol. The van der Waals surface area contributed by atoms with E-state index in [0.717, 1.165) is 15.6 Å². The largest absolute Gasteiger partial charge is 0.326 e. The Balaban J connectivity index is 1.49. The summed E-state index contributed by atoms with van der Waals surface area (Å²) in [6.45, 7) is 0. The Bertz CT molecular complexity index is 1380. The second-order valence-corrected chi connectivity index (χ2v) is 8.34. The van der Waals surface area contributed by atoms with Crippen LogP contribution in [0.2, 0.25) is 0 Å². The number of amides is 2. The van der Waals surface area contributed by atoms with E-state index in [1.165, 1.54) is 6.07 Å². The van der Waals surface area contributed by atoms with Gasteiger partial charge >= 0.3 is 0 Å². The fraction of sp³-hybridized carbons (Fsp3) is 0.0800. The molecule has 1 aromatic heterocycles. The average Bonchev–Trinajstić information content (AvgIpc) is 3.23. The molecule has 0 fully saturated rings. The smallest absolute Gasteiger partial charge is 0.269 e. The lowest BCUT2D eigenvalue weighted by molar-refractivity contribution is -0.125. The third kappa shape index (κ3) is 3.78. The fourth-order valence-corrected chi connectivity index (χ4v) is 4.64. The molecule has 0 spiro atoms. The van der Waals surface area contributed by atoms with Gasteiger partial charge in [-0.1, -0.05) is 42.5 Å². The molecule has 4 aromatic rings. The van der Waals surface area contributed by atoms with Crippen molar-refractivity contribution < 1.29 is 14.0 Å². The summed E-state index contributed by atoms with van der Waals surface area (Å²) in [5.41, 5.74) is 2.54. The van der Waals surface area contributed by atoms with Crippen LogP contribution in [-0.4, -0.2) is 23.7 Å². The van der Waals surface area contributed by atoms with Crippen molar-refractivity contribution in [1.82, 2.24) is 5.32 Å². The number of aliphatic imine (C=N–C) groups is 1. The number of nitrogens with zero attached hydrogens (tertiary/aromatic N) is 1. The highest BCUT2D eigenvalue weighted by Crippen LogP contribution is 2.26. The molecule has 5 nitrogen and oxygen atoms in total. The number of hydrogen-bond acceptors (Lipinski definition) is 4. The van der Waals surface area contributed by atoms with Gasteiger partial charge in [-0.25, -0.2) is 9.38 Å². The average molecular weight is 444 g/mol. The zero-order valence-electron chi connectivity index (χ0n) is 16.8. The maximum absolute atomic E-state index is 14.6. The van der Waals surface area contributed by atoms with Gasteiger partial charge in [0.15, 0.2) is 0 Å². The molecule has 1 aliphatic rings. The topological polar surface area (TPSA) is 70.6 Å². The molecule has 1 unspecified atom stereocenters. The first-order chi connectivity index (χ1) is 15.6. The van der Waals surface area contributed by atoms with Crippen LogP contribution in [0, 0.1) is 5.82 Å². The molecule has 1 aliphatic heterocycles. The third-order valence-electron chi connectivity index (χ3n) is 5.31. The number of benzodiazepines with no additional fused rings is 1. The lowest BCUT2D eigenvalue weighted by Gasteiger charge is -2.14. The van der Waals surface area contributed by atoms with Crippen molar-refractivity contribution in [3.05, 3.63) is 101 Å². The third-order valence-corrected chi connectivity index (χ3v) is 6.19. The number of anilines is 1. The summed E-state index contributed by atoms with van der Waals surface area (Å²) in [6, 6.07) is 21.1. The van der Waals surface area contributed by atoms with E-state index in [0.29, 0.717) is 17.0 Å². The minimum atomic E-state index is -1.19. The van der Waals surface area contributed by atoms with Crippen molar-refractivity contribution in [2.45, 2.75) is 12.6 Å². The van der Waals surface area contributed by atoms with Crippen LogP contribution in [0.25, 0.3) is 10.1 Å². The van der Waals surface area contributed by atoms with Crippen molar-refractivity contribution in [3.8, 4) is 0 Å². The Kier molecular flexibility index (Phi) is 5.25. The number of para-hydroxylation sites is 1. The number of halogens is 1. The van der Waals surface area contributed by atoms with Gasteiger partial charge in [0.1, 0.15) is 5.82 Å². The summed E-state index contributed by atoms with van der Waals surface area (Å²) in [5, 5.41) is 8.50. The van der Waals surface area contributed by atoms with E-state index < -0.39 is 17.9 Å². The first-order valence-electron chi connectivity index (χ1n) is 10.1. The first-order valence-corrected chi connectivity index (χ1v) is 11.0. The second kappa shape index (κ2) is 8.36. The van der Waals surface area contributed by atoms with Crippen LogP contribution in [0.5, 0.6) is 0 Å². The van der Waals surface area contributed by atoms with Gasteiger partial charge in [-0.05, 0) is 46.7 Å². The molecule has 5 rings (SSSR count). The van der Waals surface area contributed by atoms with Crippen LogP contribution in [-0.2, 0) is 16.0 Å². The summed E-state index contributed by atoms with van der Waals surface area (Å²) < 4.78 is 15.7. The number of benzene rings is 3. The van der Waals surface area contributed by atoms with Gasteiger partial charge in [0.2, 0.25) is 12.1 Å². The number of carbonyl (C=O) groups excluding carboxylic acids is 2. The molecule has 0 radical (unpaired) electrons. The summed E-state index contributed by atoms with van der Waals surface area (Å²) in [7, 11) is 0. The van der Waals surface area contributed by atoms with Crippen molar-refractivity contribution in [3.63, 3.8) is 0 Å². The van der Waals surface area contributed by atoms with Crippen LogP contribution in [0.15, 0.2) is 83.2 Å². The van der Waals surface area contributed by atoms with Crippen LogP contribution in [0.3, 0.4) is 0 Å². The maximum Gasteiger partial charge on any atom is 0.269 e. The van der Waals surface area contributed by atoms with Crippen molar-refractivity contribution in [2.75, 3.05) is 5.32 Å². The van der Waals surface area contributed by atoms with E-state index in [4.69, 9.17) is 0 Å². The molecular formula is C25H18FN3O2S. The van der Waals surface area contributed by atoms with Gasteiger partial charge in [-0.3, -0.25) is 9.59 Å². The van der Waals surface area contributed by atoms with Crippen molar-refractivity contribution in [1.29, 1.82) is 0 Å². The van der Waals surface area contributed by atoms with E-state index in [1.807, 2.05) is 29.6 Å². The lowest BCUT2D eigenvalue weighted by Crippen LogP contribution is -2.43. The zero-order chi connectivity index (χ0) is 22.1. The van der Waals surface area contributed by atoms with E-state index >= 15 is 0 Å². The molecule has 0 aliphatic carbocycles. The van der Waals surface area contributed by atoms with Gasteiger partial charge in [0.25, 0.3) is 5.91 Å². The highest BCUT2D eigenvalue weighted by molar-refractivity contribution is 7.17. The molecule has 1 atom stereocenters. The Morgan fingerprint density at radius 2 is 1.78 bits per heavy atom. The highest BCUT2D eigenvalue weighted by atomic mass is 32.1. The molecule has 0 saturated heterocycles. The Morgan fingerprint density at radius 1 is 1.00 bits per heavy atom. The molecule has 0 bridgehead atoms. The van der Waals surface area contributed by atoms with Gasteiger partial charge in [-0.15, -0.1) is 11.3 Å². The first kappa shape index (κ1) is 20.1. The number of nitrogens with one attached hydrogen (secondary N) is 2. The minimum Gasteiger partial charge on any atom is -0.326 e. The maximum atomic E-state index is 14.6. The Hall–Kier alpha value is -3.84. The van der Waals surface area contributed by atoms with Crippen molar-refractivity contribution in [2.24, 2.45) is 4.99 Å². The lowest BCUT2D eigenvalue weighted by atomic mass is 10.0. The zero-order valence-corrected chi connectivity index (χ0v) is 17.7. The standard InChI is InChI=1S/C25H18FN3O2S/c26-19-9-3-1-7-17(19)23-18-8-2-4-10-20(18)27-25(31)24(29-23)28-22(30)14-15-6-5-11-21-16(15)12-13-32-21/h1-13,24H,14H2,(H,27,31)(H,28,30).